The fourth-order valence-electron chi connectivity index (χ4n) is 2.41. The van der Waals surface area contributed by atoms with Gasteiger partial charge in [-0.05, 0) is 48.5 Å². The minimum atomic E-state index is -4.47. The summed E-state index contributed by atoms with van der Waals surface area (Å²) in [6, 6.07) is 10.7. The maximum Gasteiger partial charge on any atom is 0.416 e. The van der Waals surface area contributed by atoms with Crippen molar-refractivity contribution in [3.05, 3.63) is 59.8 Å². The van der Waals surface area contributed by atoms with Gasteiger partial charge in [0.25, 0.3) is 0 Å². The predicted octanol–water partition coefficient (Wildman–Crippen LogP) is 3.66. The summed E-state index contributed by atoms with van der Waals surface area (Å²) in [6.45, 7) is 0. The number of rotatable bonds is 4. The number of halogens is 3. The van der Waals surface area contributed by atoms with E-state index in [1.165, 1.54) is 23.9 Å². The molecule has 2 aromatic carbocycles. The molecule has 0 spiro atoms. The van der Waals surface area contributed by atoms with Gasteiger partial charge in [-0.15, -0.1) is 5.10 Å². The minimum Gasteiger partial charge on any atom is -0.497 e. The summed E-state index contributed by atoms with van der Waals surface area (Å²) in [7, 11) is 1.49. The molecular weight excluding hydrogens is 351 g/mol. The molecule has 0 radical (unpaired) electrons. The quantitative estimate of drug-likeness (QED) is 0.765. The molecule has 1 heterocycles. The molecule has 6 nitrogen and oxygen atoms in total. The van der Waals surface area contributed by atoms with E-state index < -0.39 is 17.7 Å². The summed E-state index contributed by atoms with van der Waals surface area (Å²) in [5.74, 6) is -0.729. The van der Waals surface area contributed by atoms with E-state index in [0.29, 0.717) is 11.3 Å². The molecule has 0 aliphatic heterocycles. The van der Waals surface area contributed by atoms with Gasteiger partial charge in [0.05, 0.1) is 18.4 Å². The first kappa shape index (κ1) is 17.5. The number of aromatic nitrogens is 3. The van der Waals surface area contributed by atoms with E-state index in [4.69, 9.17) is 4.74 Å². The molecule has 9 heteroatoms. The van der Waals surface area contributed by atoms with Crippen molar-refractivity contribution in [1.29, 1.82) is 0 Å². The molecule has 0 amide bonds. The second-order valence-corrected chi connectivity index (χ2v) is 5.28. The average Bonchev–Trinajstić information content (AvgIpc) is 3.06. The lowest BCUT2D eigenvalue weighted by Gasteiger charge is -2.10. The Labute approximate surface area is 145 Å². The van der Waals surface area contributed by atoms with Gasteiger partial charge >= 0.3 is 12.1 Å². The van der Waals surface area contributed by atoms with E-state index in [-0.39, 0.29) is 17.1 Å². The highest BCUT2D eigenvalue weighted by atomic mass is 19.4. The first-order valence-corrected chi connectivity index (χ1v) is 7.32. The molecule has 0 unspecified atom stereocenters. The van der Waals surface area contributed by atoms with Crippen molar-refractivity contribution in [3.63, 3.8) is 0 Å². The Morgan fingerprint density at radius 1 is 1.08 bits per heavy atom. The van der Waals surface area contributed by atoms with Crippen LogP contribution in [0.25, 0.3) is 16.9 Å². The Balaban J connectivity index is 2.12. The largest absolute Gasteiger partial charge is 0.497 e. The summed E-state index contributed by atoms with van der Waals surface area (Å²) >= 11 is 0. The molecule has 0 bridgehead atoms. The van der Waals surface area contributed by atoms with Crippen LogP contribution in [0, 0.1) is 0 Å². The Hall–Kier alpha value is -3.36. The van der Waals surface area contributed by atoms with Crippen LogP contribution < -0.4 is 4.74 Å². The Morgan fingerprint density at radius 3 is 2.19 bits per heavy atom. The number of carboxylic acids is 1. The highest BCUT2D eigenvalue weighted by Gasteiger charge is 2.30. The number of ether oxygens (including phenoxy) is 1. The average molecular weight is 363 g/mol. The van der Waals surface area contributed by atoms with Crippen LogP contribution in [-0.2, 0) is 6.18 Å². The van der Waals surface area contributed by atoms with Crippen LogP contribution in [0.1, 0.15) is 16.1 Å². The SMILES string of the molecule is COc1ccc(-c2c(C(=O)O)nnn2-c2ccc(C(F)(F)F)cc2)cc1. The lowest BCUT2D eigenvalue weighted by molar-refractivity contribution is -0.137. The van der Waals surface area contributed by atoms with E-state index in [1.807, 2.05) is 0 Å². The van der Waals surface area contributed by atoms with Crippen LogP contribution in [0.5, 0.6) is 5.75 Å². The summed E-state index contributed by atoms with van der Waals surface area (Å²) in [5, 5.41) is 16.8. The molecule has 3 aromatic rings. The molecule has 0 aliphatic carbocycles. The molecule has 0 fully saturated rings. The van der Waals surface area contributed by atoms with Gasteiger partial charge in [0, 0.05) is 5.56 Å². The Morgan fingerprint density at radius 2 is 1.69 bits per heavy atom. The van der Waals surface area contributed by atoms with E-state index in [0.717, 1.165) is 12.1 Å². The zero-order valence-corrected chi connectivity index (χ0v) is 13.4. The van der Waals surface area contributed by atoms with Crippen molar-refractivity contribution >= 4 is 5.97 Å². The number of carbonyl (C=O) groups is 1. The first-order valence-electron chi connectivity index (χ1n) is 7.32. The number of carboxylic acid groups (broad SMARTS) is 1. The lowest BCUT2D eigenvalue weighted by Crippen LogP contribution is -2.06. The smallest absolute Gasteiger partial charge is 0.416 e. The number of nitrogens with zero attached hydrogens (tertiary/aromatic N) is 3. The monoisotopic (exact) mass is 363 g/mol. The van der Waals surface area contributed by atoms with Gasteiger partial charge in [-0.3, -0.25) is 0 Å². The van der Waals surface area contributed by atoms with Gasteiger partial charge in [0.1, 0.15) is 11.4 Å². The molecule has 134 valence electrons. The molecule has 0 saturated heterocycles. The summed E-state index contributed by atoms with van der Waals surface area (Å²) in [4.78, 5) is 11.5. The van der Waals surface area contributed by atoms with Gasteiger partial charge in [0.2, 0.25) is 0 Å². The molecule has 26 heavy (non-hydrogen) atoms. The van der Waals surface area contributed by atoms with Gasteiger partial charge in [0.15, 0.2) is 5.69 Å². The predicted molar refractivity (Wildman–Crippen MR) is 85.3 cm³/mol. The third-order valence-corrected chi connectivity index (χ3v) is 3.68. The van der Waals surface area contributed by atoms with E-state index in [2.05, 4.69) is 10.3 Å². The number of methoxy groups -OCH3 is 1. The lowest BCUT2D eigenvalue weighted by atomic mass is 10.1. The molecule has 0 aliphatic rings. The number of hydrogen-bond acceptors (Lipinski definition) is 4. The van der Waals surface area contributed by atoms with Gasteiger partial charge < -0.3 is 9.84 Å². The van der Waals surface area contributed by atoms with E-state index >= 15 is 0 Å². The maximum absolute atomic E-state index is 12.7. The van der Waals surface area contributed by atoms with Crippen molar-refractivity contribution in [1.82, 2.24) is 15.0 Å². The third-order valence-electron chi connectivity index (χ3n) is 3.68. The van der Waals surface area contributed by atoms with Crippen LogP contribution in [-0.4, -0.2) is 33.2 Å². The van der Waals surface area contributed by atoms with Crippen molar-refractivity contribution in [3.8, 4) is 22.7 Å². The standard InChI is InChI=1S/C17H12F3N3O3/c1-26-13-8-2-10(3-9-13)15-14(16(24)25)21-22-23(15)12-6-4-11(5-7-12)17(18,19)20/h2-9H,1H3,(H,24,25). The van der Waals surface area contributed by atoms with Crippen LogP contribution in [0.2, 0.25) is 0 Å². The second-order valence-electron chi connectivity index (χ2n) is 5.28. The summed E-state index contributed by atoms with van der Waals surface area (Å²) in [5.41, 5.74) is -0.238. The molecule has 1 aromatic heterocycles. The van der Waals surface area contributed by atoms with Crippen LogP contribution in [0.4, 0.5) is 13.2 Å². The summed E-state index contributed by atoms with van der Waals surface area (Å²) in [6.07, 6.45) is -4.47. The number of benzene rings is 2. The zero-order chi connectivity index (χ0) is 18.9. The van der Waals surface area contributed by atoms with E-state index in [9.17, 15) is 23.1 Å². The topological polar surface area (TPSA) is 77.2 Å². The minimum absolute atomic E-state index is 0.153. The third kappa shape index (κ3) is 3.23. The molecule has 1 N–H and O–H groups in total. The van der Waals surface area contributed by atoms with E-state index in [1.54, 1.807) is 24.3 Å². The number of hydrogen-bond donors (Lipinski definition) is 1. The highest BCUT2D eigenvalue weighted by molar-refractivity contribution is 5.93. The van der Waals surface area contributed by atoms with Crippen molar-refractivity contribution in [2.45, 2.75) is 6.18 Å². The molecular formula is C17H12F3N3O3. The van der Waals surface area contributed by atoms with Gasteiger partial charge in [-0.2, -0.15) is 13.2 Å². The van der Waals surface area contributed by atoms with Crippen LogP contribution in [0.15, 0.2) is 48.5 Å². The molecule has 0 atom stereocenters. The number of aromatic carboxylic acids is 1. The fourth-order valence-corrected chi connectivity index (χ4v) is 2.41. The van der Waals surface area contributed by atoms with Crippen molar-refractivity contribution in [2.24, 2.45) is 0 Å². The number of alkyl halides is 3. The normalized spacial score (nSPS) is 11.4. The van der Waals surface area contributed by atoms with Crippen molar-refractivity contribution in [2.75, 3.05) is 7.11 Å². The second kappa shape index (κ2) is 6.51. The van der Waals surface area contributed by atoms with Crippen LogP contribution in [0.3, 0.4) is 0 Å². The first-order chi connectivity index (χ1) is 12.3. The van der Waals surface area contributed by atoms with Gasteiger partial charge in [-0.25, -0.2) is 9.48 Å². The maximum atomic E-state index is 12.7. The fraction of sp³-hybridized carbons (Fsp3) is 0.118. The molecule has 0 saturated carbocycles. The Bertz CT molecular complexity index is 933. The Kier molecular flexibility index (Phi) is 4.37. The highest BCUT2D eigenvalue weighted by Crippen LogP contribution is 2.31. The summed E-state index contributed by atoms with van der Waals surface area (Å²) < 4.78 is 44.4. The van der Waals surface area contributed by atoms with Crippen LogP contribution >= 0.6 is 0 Å². The van der Waals surface area contributed by atoms with Crippen molar-refractivity contribution < 1.29 is 27.8 Å². The molecule has 3 rings (SSSR count). The zero-order valence-electron chi connectivity index (χ0n) is 13.4. The van der Waals surface area contributed by atoms with Gasteiger partial charge in [-0.1, -0.05) is 5.21 Å².